The number of morpholine rings is 1. The van der Waals surface area contributed by atoms with Crippen LogP contribution in [0, 0.1) is 0 Å². The summed E-state index contributed by atoms with van der Waals surface area (Å²) in [5.74, 6) is 0. The van der Waals surface area contributed by atoms with E-state index in [4.69, 9.17) is 4.74 Å². The summed E-state index contributed by atoms with van der Waals surface area (Å²) in [6.45, 7) is 7.19. The van der Waals surface area contributed by atoms with Crippen LogP contribution in [0.3, 0.4) is 0 Å². The summed E-state index contributed by atoms with van der Waals surface area (Å²) in [5, 5.41) is 17.7. The molecule has 0 radical (unpaired) electrons. The Morgan fingerprint density at radius 3 is 2.46 bits per heavy atom. The van der Waals surface area contributed by atoms with E-state index in [1.54, 1.807) is 6.92 Å². The van der Waals surface area contributed by atoms with Crippen molar-refractivity contribution in [1.82, 2.24) is 19.9 Å². The van der Waals surface area contributed by atoms with E-state index in [0.29, 0.717) is 0 Å². The molecular weight excluding hydrogens is 304 g/mol. The standard InChI is InChI=1S/C18H26N4O2/c1-15(23)2-7-18-14-22(20-19-18)13-17-5-3-16(4-6-17)12-21-8-10-24-11-9-21/h3-6,14-15,23H,2,7-13H2,1H3. The molecule has 1 aliphatic heterocycles. The van der Waals surface area contributed by atoms with Crippen molar-refractivity contribution in [2.75, 3.05) is 26.3 Å². The van der Waals surface area contributed by atoms with Crippen molar-refractivity contribution < 1.29 is 9.84 Å². The first-order chi connectivity index (χ1) is 11.7. The molecule has 1 aliphatic rings. The Morgan fingerprint density at radius 1 is 1.12 bits per heavy atom. The van der Waals surface area contributed by atoms with Crippen LogP contribution in [0.15, 0.2) is 30.5 Å². The third-order valence-electron chi connectivity index (χ3n) is 4.28. The molecule has 24 heavy (non-hydrogen) atoms. The molecule has 0 bridgehead atoms. The molecule has 1 N–H and O–H groups in total. The zero-order chi connectivity index (χ0) is 16.8. The van der Waals surface area contributed by atoms with Crippen molar-refractivity contribution in [3.8, 4) is 0 Å². The van der Waals surface area contributed by atoms with Crippen LogP contribution in [-0.2, 0) is 24.2 Å². The van der Waals surface area contributed by atoms with Gasteiger partial charge in [0.05, 0.1) is 31.6 Å². The SMILES string of the molecule is CC(O)CCc1cn(Cc2ccc(CN3CCOCC3)cc2)nn1. The van der Waals surface area contributed by atoms with Crippen molar-refractivity contribution in [1.29, 1.82) is 0 Å². The summed E-state index contributed by atoms with van der Waals surface area (Å²) in [6.07, 6.45) is 3.14. The van der Waals surface area contributed by atoms with E-state index in [1.807, 2.05) is 10.9 Å². The molecule has 1 fully saturated rings. The maximum Gasteiger partial charge on any atom is 0.0828 e. The maximum atomic E-state index is 9.33. The molecule has 1 saturated heterocycles. The summed E-state index contributed by atoms with van der Waals surface area (Å²) in [7, 11) is 0. The summed E-state index contributed by atoms with van der Waals surface area (Å²) in [6, 6.07) is 8.70. The van der Waals surface area contributed by atoms with Gasteiger partial charge in [0.1, 0.15) is 0 Å². The number of aliphatic hydroxyl groups excluding tert-OH is 1. The van der Waals surface area contributed by atoms with Crippen LogP contribution in [0.25, 0.3) is 0 Å². The molecule has 2 aromatic rings. The van der Waals surface area contributed by atoms with Gasteiger partial charge in [-0.25, -0.2) is 4.68 Å². The van der Waals surface area contributed by atoms with Crippen LogP contribution in [0.4, 0.5) is 0 Å². The molecule has 6 nitrogen and oxygen atoms in total. The van der Waals surface area contributed by atoms with Gasteiger partial charge in [0, 0.05) is 25.8 Å². The van der Waals surface area contributed by atoms with E-state index < -0.39 is 0 Å². The number of rotatable bonds is 7. The van der Waals surface area contributed by atoms with E-state index in [0.717, 1.165) is 57.9 Å². The second-order valence-electron chi connectivity index (χ2n) is 6.50. The quantitative estimate of drug-likeness (QED) is 0.833. The fraction of sp³-hybridized carbons (Fsp3) is 0.556. The predicted octanol–water partition coefficient (Wildman–Crippen LogP) is 1.47. The Bertz CT molecular complexity index is 618. The van der Waals surface area contributed by atoms with E-state index in [2.05, 4.69) is 39.5 Å². The third kappa shape index (κ3) is 5.12. The van der Waals surface area contributed by atoms with E-state index in [9.17, 15) is 5.11 Å². The minimum Gasteiger partial charge on any atom is -0.393 e. The van der Waals surface area contributed by atoms with Gasteiger partial charge < -0.3 is 9.84 Å². The topological polar surface area (TPSA) is 63.4 Å². The number of benzene rings is 1. The summed E-state index contributed by atoms with van der Waals surface area (Å²) in [4.78, 5) is 2.42. The molecule has 1 aromatic heterocycles. The molecule has 0 aliphatic carbocycles. The molecule has 0 spiro atoms. The number of ether oxygens (including phenoxy) is 1. The third-order valence-corrected chi connectivity index (χ3v) is 4.28. The zero-order valence-electron chi connectivity index (χ0n) is 14.3. The normalized spacial score (nSPS) is 17.1. The lowest BCUT2D eigenvalue weighted by Gasteiger charge is -2.26. The Labute approximate surface area is 143 Å². The number of nitrogens with zero attached hydrogens (tertiary/aromatic N) is 4. The molecule has 0 saturated carbocycles. The van der Waals surface area contributed by atoms with Crippen LogP contribution in [0.1, 0.15) is 30.2 Å². The van der Waals surface area contributed by atoms with Gasteiger partial charge in [-0.3, -0.25) is 4.90 Å². The molecular formula is C18H26N4O2. The second-order valence-corrected chi connectivity index (χ2v) is 6.50. The maximum absolute atomic E-state index is 9.33. The van der Waals surface area contributed by atoms with Crippen LogP contribution < -0.4 is 0 Å². The number of aryl methyl sites for hydroxylation is 1. The first kappa shape index (κ1) is 17.1. The molecule has 6 heteroatoms. The van der Waals surface area contributed by atoms with Gasteiger partial charge in [0.2, 0.25) is 0 Å². The molecule has 0 amide bonds. The highest BCUT2D eigenvalue weighted by atomic mass is 16.5. The molecule has 130 valence electrons. The lowest BCUT2D eigenvalue weighted by Crippen LogP contribution is -2.35. The Morgan fingerprint density at radius 2 is 1.79 bits per heavy atom. The first-order valence-electron chi connectivity index (χ1n) is 8.64. The molecule has 1 unspecified atom stereocenters. The van der Waals surface area contributed by atoms with Gasteiger partial charge in [-0.2, -0.15) is 0 Å². The predicted molar refractivity (Wildman–Crippen MR) is 91.7 cm³/mol. The largest absolute Gasteiger partial charge is 0.393 e. The van der Waals surface area contributed by atoms with Crippen molar-refractivity contribution in [3.63, 3.8) is 0 Å². The highest BCUT2D eigenvalue weighted by Gasteiger charge is 2.10. The molecule has 1 aromatic carbocycles. The van der Waals surface area contributed by atoms with Gasteiger partial charge in [-0.1, -0.05) is 29.5 Å². The number of aromatic nitrogens is 3. The van der Waals surface area contributed by atoms with Crippen LogP contribution in [-0.4, -0.2) is 57.4 Å². The average molecular weight is 330 g/mol. The fourth-order valence-corrected chi connectivity index (χ4v) is 2.84. The smallest absolute Gasteiger partial charge is 0.0828 e. The van der Waals surface area contributed by atoms with Crippen LogP contribution in [0.2, 0.25) is 0 Å². The number of hydrogen-bond acceptors (Lipinski definition) is 5. The van der Waals surface area contributed by atoms with E-state index in [1.165, 1.54) is 11.1 Å². The Kier molecular flexibility index (Phi) is 5.96. The van der Waals surface area contributed by atoms with Gasteiger partial charge in [-0.15, -0.1) is 5.10 Å². The summed E-state index contributed by atoms with van der Waals surface area (Å²) < 4.78 is 7.24. The Balaban J connectivity index is 1.52. The minimum atomic E-state index is -0.297. The number of hydrogen-bond donors (Lipinski definition) is 1. The van der Waals surface area contributed by atoms with Crippen molar-refractivity contribution >= 4 is 0 Å². The van der Waals surface area contributed by atoms with Crippen LogP contribution >= 0.6 is 0 Å². The fourth-order valence-electron chi connectivity index (χ4n) is 2.84. The van der Waals surface area contributed by atoms with Crippen molar-refractivity contribution in [2.45, 2.75) is 39.0 Å². The van der Waals surface area contributed by atoms with E-state index in [-0.39, 0.29) is 6.10 Å². The van der Waals surface area contributed by atoms with E-state index >= 15 is 0 Å². The highest BCUT2D eigenvalue weighted by Crippen LogP contribution is 2.10. The number of aliphatic hydroxyl groups is 1. The molecule has 1 atom stereocenters. The van der Waals surface area contributed by atoms with Crippen molar-refractivity contribution in [2.24, 2.45) is 0 Å². The second kappa shape index (κ2) is 8.37. The highest BCUT2D eigenvalue weighted by molar-refractivity contribution is 5.22. The summed E-state index contributed by atoms with van der Waals surface area (Å²) >= 11 is 0. The Hall–Kier alpha value is -1.76. The molecule has 2 heterocycles. The van der Waals surface area contributed by atoms with Gasteiger partial charge >= 0.3 is 0 Å². The van der Waals surface area contributed by atoms with Crippen molar-refractivity contribution in [3.05, 3.63) is 47.3 Å². The zero-order valence-corrected chi connectivity index (χ0v) is 14.3. The minimum absolute atomic E-state index is 0.297. The van der Waals surface area contributed by atoms with Gasteiger partial charge in [0.15, 0.2) is 0 Å². The molecule has 3 rings (SSSR count). The lowest BCUT2D eigenvalue weighted by atomic mass is 10.1. The van der Waals surface area contributed by atoms with Crippen LogP contribution in [0.5, 0.6) is 0 Å². The summed E-state index contributed by atoms with van der Waals surface area (Å²) in [5.41, 5.74) is 3.48. The van der Waals surface area contributed by atoms with Gasteiger partial charge in [0.25, 0.3) is 0 Å². The first-order valence-corrected chi connectivity index (χ1v) is 8.64. The monoisotopic (exact) mass is 330 g/mol. The van der Waals surface area contributed by atoms with Gasteiger partial charge in [-0.05, 0) is 30.9 Å². The lowest BCUT2D eigenvalue weighted by molar-refractivity contribution is 0.0342. The average Bonchev–Trinajstić information content (AvgIpc) is 3.03.